The van der Waals surface area contributed by atoms with E-state index in [9.17, 15) is 0 Å². The van der Waals surface area contributed by atoms with Crippen LogP contribution in [0.2, 0.25) is 0 Å². The van der Waals surface area contributed by atoms with E-state index >= 15 is 0 Å². The van der Waals surface area contributed by atoms with Crippen molar-refractivity contribution in [1.29, 1.82) is 0 Å². The third-order valence-corrected chi connectivity index (χ3v) is 4.45. The van der Waals surface area contributed by atoms with Crippen molar-refractivity contribution in [2.45, 2.75) is 58.6 Å². The minimum atomic E-state index is 0.121. The van der Waals surface area contributed by atoms with Gasteiger partial charge in [0.2, 0.25) is 0 Å². The second-order valence-corrected chi connectivity index (χ2v) is 7.21. The fraction of sp³-hybridized carbons (Fsp3) is 0.579. The summed E-state index contributed by atoms with van der Waals surface area (Å²) in [6.45, 7) is 5.86. The Balaban J connectivity index is 1.97. The van der Waals surface area contributed by atoms with Gasteiger partial charge in [-0.2, -0.15) is 0 Å². The zero-order valence-electron chi connectivity index (χ0n) is 14.5. The molecule has 0 saturated carbocycles. The van der Waals surface area contributed by atoms with Gasteiger partial charge in [0.05, 0.1) is 13.2 Å². The highest BCUT2D eigenvalue weighted by atomic mass is 79.9. The molecule has 3 nitrogen and oxygen atoms in total. The normalized spacial score (nSPS) is 14.7. The van der Waals surface area contributed by atoms with Crippen LogP contribution in [-0.4, -0.2) is 19.8 Å². The number of benzene rings is 1. The first-order valence-electron chi connectivity index (χ1n) is 8.52. The summed E-state index contributed by atoms with van der Waals surface area (Å²) < 4.78 is 12.5. The molecule has 0 amide bonds. The van der Waals surface area contributed by atoms with E-state index in [-0.39, 0.29) is 6.10 Å². The van der Waals surface area contributed by atoms with E-state index in [0.29, 0.717) is 0 Å². The van der Waals surface area contributed by atoms with Crippen LogP contribution >= 0.6 is 15.9 Å². The molecular weight excluding hydrogens is 354 g/mol. The summed E-state index contributed by atoms with van der Waals surface area (Å²) in [5.74, 6) is 1.62. The molecule has 0 radical (unpaired) electrons. The lowest BCUT2D eigenvalue weighted by Gasteiger charge is -2.19. The van der Waals surface area contributed by atoms with E-state index in [0.717, 1.165) is 41.0 Å². The van der Waals surface area contributed by atoms with E-state index in [4.69, 9.17) is 9.47 Å². The molecular formula is C19H28BrNO2. The maximum Gasteiger partial charge on any atom is 0.166 e. The number of allylic oxidation sites excluding steroid dienone is 1. The van der Waals surface area contributed by atoms with E-state index < -0.39 is 0 Å². The molecule has 1 aliphatic rings. The van der Waals surface area contributed by atoms with E-state index in [1.165, 1.54) is 25.7 Å². The summed E-state index contributed by atoms with van der Waals surface area (Å²) >= 11 is 3.55. The zero-order chi connectivity index (χ0) is 16.7. The smallest absolute Gasteiger partial charge is 0.166 e. The topological polar surface area (TPSA) is 30.5 Å². The molecule has 0 fully saturated rings. The number of nitrogens with one attached hydrogen (secondary N) is 1. The van der Waals surface area contributed by atoms with Gasteiger partial charge in [-0.15, -0.1) is 0 Å². The van der Waals surface area contributed by atoms with Crippen LogP contribution in [0, 0.1) is 0 Å². The lowest BCUT2D eigenvalue weighted by atomic mass is 9.97. The number of halogens is 1. The first-order chi connectivity index (χ1) is 11.1. The average molecular weight is 382 g/mol. The molecule has 4 heteroatoms. The highest BCUT2D eigenvalue weighted by Gasteiger charge is 2.14. The minimum Gasteiger partial charge on any atom is -0.493 e. The Kier molecular flexibility index (Phi) is 7.44. The fourth-order valence-corrected chi connectivity index (χ4v) is 3.36. The molecule has 0 saturated heterocycles. The second kappa shape index (κ2) is 9.33. The molecule has 0 bridgehead atoms. The highest BCUT2D eigenvalue weighted by Crippen LogP contribution is 2.35. The summed E-state index contributed by atoms with van der Waals surface area (Å²) in [7, 11) is 1.68. The molecule has 0 unspecified atom stereocenters. The van der Waals surface area contributed by atoms with Gasteiger partial charge < -0.3 is 14.8 Å². The summed E-state index contributed by atoms with van der Waals surface area (Å²) in [5.41, 5.74) is 2.73. The SMILES string of the molecule is COc1cc(Br)cc(CNCCC2=CCCCC2)c1OC(C)C. The molecule has 0 heterocycles. The standard InChI is InChI=1S/C19H28BrNO2/c1-14(2)23-19-16(11-17(20)12-18(19)22-3)13-21-10-9-15-7-5-4-6-8-15/h7,11-12,14,21H,4-6,8-10,13H2,1-3H3. The second-order valence-electron chi connectivity index (χ2n) is 6.30. The number of ether oxygens (including phenoxy) is 2. The lowest BCUT2D eigenvalue weighted by Crippen LogP contribution is -2.17. The van der Waals surface area contributed by atoms with E-state index in [2.05, 4.69) is 33.4 Å². The molecule has 1 N–H and O–H groups in total. The lowest BCUT2D eigenvalue weighted by molar-refractivity contribution is 0.227. The van der Waals surface area contributed by atoms with Crippen LogP contribution in [0.3, 0.4) is 0 Å². The molecule has 0 atom stereocenters. The Labute approximate surface area is 148 Å². The predicted octanol–water partition coefficient (Wildman–Crippen LogP) is 5.23. The van der Waals surface area contributed by atoms with Gasteiger partial charge in [-0.05, 0) is 64.6 Å². The van der Waals surface area contributed by atoms with Gasteiger partial charge in [-0.3, -0.25) is 0 Å². The Morgan fingerprint density at radius 1 is 1.26 bits per heavy atom. The predicted molar refractivity (Wildman–Crippen MR) is 99.3 cm³/mol. The summed E-state index contributed by atoms with van der Waals surface area (Å²) in [5, 5.41) is 3.54. The quantitative estimate of drug-likeness (QED) is 0.494. The van der Waals surface area contributed by atoms with Crippen LogP contribution in [0.15, 0.2) is 28.3 Å². The van der Waals surface area contributed by atoms with Gasteiger partial charge in [0, 0.05) is 16.6 Å². The van der Waals surface area contributed by atoms with Gasteiger partial charge in [0.1, 0.15) is 0 Å². The molecule has 23 heavy (non-hydrogen) atoms. The Morgan fingerprint density at radius 3 is 2.74 bits per heavy atom. The van der Waals surface area contributed by atoms with Crippen LogP contribution < -0.4 is 14.8 Å². The van der Waals surface area contributed by atoms with Crippen molar-refractivity contribution in [2.24, 2.45) is 0 Å². The first kappa shape index (κ1) is 18.3. The van der Waals surface area contributed by atoms with Gasteiger partial charge >= 0.3 is 0 Å². The molecule has 2 rings (SSSR count). The van der Waals surface area contributed by atoms with Crippen LogP contribution in [0.25, 0.3) is 0 Å². The van der Waals surface area contributed by atoms with E-state index in [1.807, 2.05) is 19.9 Å². The van der Waals surface area contributed by atoms with Gasteiger partial charge in [0.25, 0.3) is 0 Å². The first-order valence-corrected chi connectivity index (χ1v) is 9.31. The van der Waals surface area contributed by atoms with Crippen molar-refractivity contribution in [3.8, 4) is 11.5 Å². The molecule has 0 spiro atoms. The van der Waals surface area contributed by atoms with Crippen LogP contribution in [0.1, 0.15) is 51.5 Å². The molecule has 1 aromatic carbocycles. The Bertz CT molecular complexity index is 540. The number of hydrogen-bond acceptors (Lipinski definition) is 3. The number of methoxy groups -OCH3 is 1. The van der Waals surface area contributed by atoms with Crippen molar-refractivity contribution in [1.82, 2.24) is 5.32 Å². The van der Waals surface area contributed by atoms with Crippen LogP contribution in [0.5, 0.6) is 11.5 Å². The van der Waals surface area contributed by atoms with Crippen LogP contribution in [-0.2, 0) is 6.54 Å². The van der Waals surface area contributed by atoms with Crippen molar-refractivity contribution < 1.29 is 9.47 Å². The minimum absolute atomic E-state index is 0.121. The summed E-state index contributed by atoms with van der Waals surface area (Å²) in [4.78, 5) is 0. The molecule has 0 aromatic heterocycles. The number of hydrogen-bond donors (Lipinski definition) is 1. The summed E-state index contributed by atoms with van der Waals surface area (Å²) in [6, 6.07) is 4.06. The Morgan fingerprint density at radius 2 is 2.09 bits per heavy atom. The third kappa shape index (κ3) is 5.85. The Hall–Kier alpha value is -1.00. The maximum absolute atomic E-state index is 5.97. The average Bonchev–Trinajstić information content (AvgIpc) is 2.54. The summed E-state index contributed by atoms with van der Waals surface area (Å²) in [6.07, 6.45) is 8.91. The zero-order valence-corrected chi connectivity index (χ0v) is 16.0. The highest BCUT2D eigenvalue weighted by molar-refractivity contribution is 9.10. The molecule has 0 aliphatic heterocycles. The fourth-order valence-electron chi connectivity index (χ4n) is 2.88. The number of rotatable bonds is 8. The maximum atomic E-state index is 5.97. The van der Waals surface area contributed by atoms with E-state index in [1.54, 1.807) is 12.7 Å². The van der Waals surface area contributed by atoms with Gasteiger partial charge in [0.15, 0.2) is 11.5 Å². The van der Waals surface area contributed by atoms with Crippen molar-refractivity contribution >= 4 is 15.9 Å². The molecule has 1 aliphatic carbocycles. The van der Waals surface area contributed by atoms with Gasteiger partial charge in [-0.25, -0.2) is 0 Å². The van der Waals surface area contributed by atoms with Crippen molar-refractivity contribution in [3.63, 3.8) is 0 Å². The molecule has 128 valence electrons. The monoisotopic (exact) mass is 381 g/mol. The van der Waals surface area contributed by atoms with Crippen molar-refractivity contribution in [2.75, 3.05) is 13.7 Å². The van der Waals surface area contributed by atoms with Gasteiger partial charge in [-0.1, -0.05) is 27.6 Å². The third-order valence-electron chi connectivity index (χ3n) is 3.99. The molecule has 1 aromatic rings. The largest absolute Gasteiger partial charge is 0.493 e. The van der Waals surface area contributed by atoms with Crippen molar-refractivity contribution in [3.05, 3.63) is 33.8 Å². The van der Waals surface area contributed by atoms with Crippen LogP contribution in [0.4, 0.5) is 0 Å².